The number of amides is 1. The average molecular weight is 270 g/mol. The maximum absolute atomic E-state index is 12.2. The normalized spacial score (nSPS) is 13.9. The number of aryl methyl sites for hydroxylation is 1. The minimum absolute atomic E-state index is 0.0255. The van der Waals surface area contributed by atoms with Gasteiger partial charge in [0.25, 0.3) is 5.91 Å². The molecule has 0 unspecified atom stereocenters. The number of rotatable bonds is 2. The third-order valence-electron chi connectivity index (χ3n) is 3.37. The molecule has 0 atom stereocenters. The van der Waals surface area contributed by atoms with Gasteiger partial charge in [-0.3, -0.25) is 9.59 Å². The second-order valence-electron chi connectivity index (χ2n) is 4.80. The number of fused-ring (bicyclic) bond motifs is 1. The highest BCUT2D eigenvalue weighted by molar-refractivity contribution is 6.13. The second-order valence-corrected chi connectivity index (χ2v) is 4.80. The topological polar surface area (TPSA) is 85.3 Å². The largest absolute Gasteiger partial charge is 0.468 e. The van der Waals surface area contributed by atoms with Gasteiger partial charge in [0, 0.05) is 24.2 Å². The van der Waals surface area contributed by atoms with E-state index in [4.69, 9.17) is 10.2 Å². The van der Waals surface area contributed by atoms with Crippen molar-refractivity contribution in [3.8, 4) is 0 Å². The van der Waals surface area contributed by atoms with Gasteiger partial charge in [0.1, 0.15) is 12.0 Å². The van der Waals surface area contributed by atoms with E-state index >= 15 is 0 Å². The highest BCUT2D eigenvalue weighted by Crippen LogP contribution is 2.27. The molecule has 0 aliphatic heterocycles. The number of anilines is 2. The maximum Gasteiger partial charge on any atom is 0.259 e. The standard InChI is InChI=1S/C15H14N2O3/c16-9-4-6-10(7-5-9)17-15(19)11-8-20-13-3-1-2-12(18)14(11)13/h4-8H,1-3,16H2,(H,17,19). The fourth-order valence-electron chi connectivity index (χ4n) is 2.35. The van der Waals surface area contributed by atoms with E-state index in [1.54, 1.807) is 24.3 Å². The van der Waals surface area contributed by atoms with E-state index in [0.29, 0.717) is 41.1 Å². The fourth-order valence-corrected chi connectivity index (χ4v) is 2.35. The van der Waals surface area contributed by atoms with E-state index in [1.165, 1.54) is 6.26 Å². The van der Waals surface area contributed by atoms with Crippen LogP contribution in [0, 0.1) is 0 Å². The molecule has 3 rings (SSSR count). The van der Waals surface area contributed by atoms with Crippen LogP contribution in [-0.2, 0) is 6.42 Å². The number of hydrogen-bond donors (Lipinski definition) is 2. The monoisotopic (exact) mass is 270 g/mol. The zero-order valence-electron chi connectivity index (χ0n) is 10.8. The van der Waals surface area contributed by atoms with Gasteiger partial charge in [0.05, 0.1) is 11.1 Å². The van der Waals surface area contributed by atoms with Crippen LogP contribution >= 0.6 is 0 Å². The van der Waals surface area contributed by atoms with Gasteiger partial charge in [-0.1, -0.05) is 0 Å². The maximum atomic E-state index is 12.2. The number of nitrogens with two attached hydrogens (primary N) is 1. The third-order valence-corrected chi connectivity index (χ3v) is 3.37. The zero-order chi connectivity index (χ0) is 14.1. The molecule has 1 amide bonds. The Labute approximate surface area is 115 Å². The summed E-state index contributed by atoms with van der Waals surface area (Å²) in [6, 6.07) is 6.82. The van der Waals surface area contributed by atoms with Crippen LogP contribution in [-0.4, -0.2) is 11.7 Å². The highest BCUT2D eigenvalue weighted by atomic mass is 16.3. The number of furan rings is 1. The SMILES string of the molecule is Nc1ccc(NC(=O)c2coc3c2C(=O)CCC3)cc1. The number of carbonyl (C=O) groups is 2. The molecule has 0 fully saturated rings. The van der Waals surface area contributed by atoms with Crippen LogP contribution in [0.3, 0.4) is 0 Å². The van der Waals surface area contributed by atoms with Crippen molar-refractivity contribution >= 4 is 23.1 Å². The number of carbonyl (C=O) groups excluding carboxylic acids is 2. The third kappa shape index (κ3) is 2.18. The Kier molecular flexibility index (Phi) is 3.02. The molecule has 20 heavy (non-hydrogen) atoms. The van der Waals surface area contributed by atoms with Crippen LogP contribution in [0.25, 0.3) is 0 Å². The minimum atomic E-state index is -0.338. The Hall–Kier alpha value is -2.56. The molecular weight excluding hydrogens is 256 g/mol. The first-order valence-electron chi connectivity index (χ1n) is 6.45. The van der Waals surface area contributed by atoms with Gasteiger partial charge >= 0.3 is 0 Å². The molecule has 0 saturated heterocycles. The van der Waals surface area contributed by atoms with E-state index < -0.39 is 0 Å². The first kappa shape index (κ1) is 12.5. The first-order chi connectivity index (χ1) is 9.65. The van der Waals surface area contributed by atoms with Crippen LogP contribution in [0.2, 0.25) is 0 Å². The lowest BCUT2D eigenvalue weighted by atomic mass is 9.94. The smallest absolute Gasteiger partial charge is 0.259 e. The summed E-state index contributed by atoms with van der Waals surface area (Å²) >= 11 is 0. The van der Waals surface area contributed by atoms with Crippen LogP contribution in [0.5, 0.6) is 0 Å². The molecule has 0 radical (unpaired) electrons. The van der Waals surface area contributed by atoms with E-state index in [1.807, 2.05) is 0 Å². The predicted octanol–water partition coefficient (Wildman–Crippen LogP) is 2.63. The summed E-state index contributed by atoms with van der Waals surface area (Å²) in [5.41, 5.74) is 7.58. The summed E-state index contributed by atoms with van der Waals surface area (Å²) in [5.74, 6) is 0.251. The molecule has 0 saturated carbocycles. The molecule has 0 spiro atoms. The average Bonchev–Trinajstić information content (AvgIpc) is 2.87. The van der Waals surface area contributed by atoms with Crippen molar-refractivity contribution in [3.05, 3.63) is 47.4 Å². The molecule has 5 heteroatoms. The Morgan fingerprint density at radius 2 is 1.95 bits per heavy atom. The number of Topliss-reactive ketones (excluding diaryl/α,β-unsaturated/α-hetero) is 1. The van der Waals surface area contributed by atoms with E-state index in [0.717, 1.165) is 6.42 Å². The van der Waals surface area contributed by atoms with Crippen molar-refractivity contribution in [1.29, 1.82) is 0 Å². The summed E-state index contributed by atoms with van der Waals surface area (Å²) in [5, 5.41) is 2.74. The Morgan fingerprint density at radius 3 is 2.70 bits per heavy atom. The first-order valence-corrected chi connectivity index (χ1v) is 6.45. The van der Waals surface area contributed by atoms with Crippen molar-refractivity contribution in [2.75, 3.05) is 11.1 Å². The Bertz CT molecular complexity index is 671. The van der Waals surface area contributed by atoms with Crippen LogP contribution in [0.15, 0.2) is 34.9 Å². The number of ketones is 1. The van der Waals surface area contributed by atoms with E-state index in [9.17, 15) is 9.59 Å². The molecule has 102 valence electrons. The molecule has 1 aliphatic rings. The summed E-state index contributed by atoms with van der Waals surface area (Å²) < 4.78 is 5.33. The van der Waals surface area contributed by atoms with Gasteiger partial charge < -0.3 is 15.5 Å². The highest BCUT2D eigenvalue weighted by Gasteiger charge is 2.27. The van der Waals surface area contributed by atoms with Gasteiger partial charge in [-0.05, 0) is 30.7 Å². The number of benzene rings is 1. The predicted molar refractivity (Wildman–Crippen MR) is 74.8 cm³/mol. The van der Waals surface area contributed by atoms with Crippen LogP contribution in [0.1, 0.15) is 39.3 Å². The molecule has 5 nitrogen and oxygen atoms in total. The molecule has 2 aromatic rings. The molecule has 0 bridgehead atoms. The van der Waals surface area contributed by atoms with Crippen molar-refractivity contribution in [2.45, 2.75) is 19.3 Å². The lowest BCUT2D eigenvalue weighted by Crippen LogP contribution is -2.17. The molecule has 1 heterocycles. The summed E-state index contributed by atoms with van der Waals surface area (Å²) in [4.78, 5) is 24.1. The number of hydrogen-bond acceptors (Lipinski definition) is 4. The van der Waals surface area contributed by atoms with E-state index in [2.05, 4.69) is 5.32 Å². The Balaban J connectivity index is 1.86. The minimum Gasteiger partial charge on any atom is -0.468 e. The van der Waals surface area contributed by atoms with Gasteiger partial charge in [-0.2, -0.15) is 0 Å². The molecule has 1 aromatic carbocycles. The van der Waals surface area contributed by atoms with Crippen molar-refractivity contribution in [3.63, 3.8) is 0 Å². The quantitative estimate of drug-likeness (QED) is 0.821. The molecular formula is C15H14N2O3. The molecule has 1 aromatic heterocycles. The van der Waals surface area contributed by atoms with Gasteiger partial charge in [-0.15, -0.1) is 0 Å². The number of nitrogens with one attached hydrogen (secondary N) is 1. The fraction of sp³-hybridized carbons (Fsp3) is 0.200. The van der Waals surface area contributed by atoms with Crippen molar-refractivity contribution in [2.24, 2.45) is 0 Å². The summed E-state index contributed by atoms with van der Waals surface area (Å²) in [7, 11) is 0. The second kappa shape index (κ2) is 4.85. The molecule has 1 aliphatic carbocycles. The van der Waals surface area contributed by atoms with Crippen molar-refractivity contribution in [1.82, 2.24) is 0 Å². The van der Waals surface area contributed by atoms with Crippen LogP contribution < -0.4 is 11.1 Å². The molecule has 3 N–H and O–H groups in total. The lowest BCUT2D eigenvalue weighted by molar-refractivity contribution is 0.0955. The Morgan fingerprint density at radius 1 is 1.20 bits per heavy atom. The summed E-state index contributed by atoms with van der Waals surface area (Å²) in [6.07, 6.45) is 3.31. The van der Waals surface area contributed by atoms with Gasteiger partial charge in [-0.25, -0.2) is 0 Å². The summed E-state index contributed by atoms with van der Waals surface area (Å²) in [6.45, 7) is 0. The zero-order valence-corrected chi connectivity index (χ0v) is 10.8. The van der Waals surface area contributed by atoms with Gasteiger partial charge in [0.2, 0.25) is 0 Å². The lowest BCUT2D eigenvalue weighted by Gasteiger charge is -2.10. The van der Waals surface area contributed by atoms with Crippen LogP contribution in [0.4, 0.5) is 11.4 Å². The number of nitrogen functional groups attached to an aromatic ring is 1. The van der Waals surface area contributed by atoms with Gasteiger partial charge in [0.15, 0.2) is 5.78 Å². The van der Waals surface area contributed by atoms with Crippen molar-refractivity contribution < 1.29 is 14.0 Å². The van der Waals surface area contributed by atoms with E-state index in [-0.39, 0.29) is 11.7 Å².